The molecule has 2 aliphatic rings. The minimum atomic E-state index is -4.66. The number of carbonyl (C=O) groups is 1. The van der Waals surface area contributed by atoms with Crippen molar-refractivity contribution in [1.29, 1.82) is 0 Å². The van der Waals surface area contributed by atoms with Gasteiger partial charge in [0.15, 0.2) is 9.84 Å². The average Bonchev–Trinajstić information content (AvgIpc) is 2.88. The SMILES string of the molecule is CC(CO)CS(=O)(=O)Cc1ccc(-c2ccc3c(c2)CCC2(CCN(C(=O)OC(C)(C)C(F)(F)F)CC2)O3)nc1. The van der Waals surface area contributed by atoms with Gasteiger partial charge >= 0.3 is 12.3 Å². The van der Waals surface area contributed by atoms with Gasteiger partial charge < -0.3 is 19.5 Å². The minimum Gasteiger partial charge on any atom is -0.487 e. The van der Waals surface area contributed by atoms with E-state index in [1.54, 1.807) is 25.3 Å². The Labute approximate surface area is 232 Å². The van der Waals surface area contributed by atoms with Gasteiger partial charge in [0.05, 0.1) is 17.2 Å². The maximum atomic E-state index is 13.1. The Hall–Kier alpha value is -2.86. The Balaban J connectivity index is 1.37. The highest BCUT2D eigenvalue weighted by molar-refractivity contribution is 7.90. The lowest BCUT2D eigenvalue weighted by Crippen LogP contribution is -2.53. The van der Waals surface area contributed by atoms with Gasteiger partial charge in [-0.15, -0.1) is 0 Å². The van der Waals surface area contributed by atoms with E-state index in [0.717, 1.165) is 37.1 Å². The van der Waals surface area contributed by atoms with Gasteiger partial charge in [0.25, 0.3) is 0 Å². The number of aromatic nitrogens is 1. The first kappa shape index (κ1) is 30.1. The number of halogens is 3. The first-order chi connectivity index (χ1) is 18.6. The van der Waals surface area contributed by atoms with E-state index < -0.39 is 33.3 Å². The van der Waals surface area contributed by atoms with Crippen LogP contribution in [0.3, 0.4) is 0 Å². The fraction of sp³-hybridized carbons (Fsp3) is 0.571. The zero-order valence-electron chi connectivity index (χ0n) is 22.8. The molecule has 1 spiro atoms. The number of aryl methyl sites for hydroxylation is 1. The molecule has 3 heterocycles. The molecule has 12 heteroatoms. The Morgan fingerprint density at radius 3 is 2.48 bits per heavy atom. The van der Waals surface area contributed by atoms with E-state index in [1.165, 1.54) is 4.90 Å². The lowest BCUT2D eigenvalue weighted by molar-refractivity contribution is -0.246. The van der Waals surface area contributed by atoms with Crippen LogP contribution >= 0.6 is 0 Å². The van der Waals surface area contributed by atoms with Crippen LogP contribution in [0.5, 0.6) is 5.75 Å². The van der Waals surface area contributed by atoms with Gasteiger partial charge in [0.2, 0.25) is 5.60 Å². The fourth-order valence-corrected chi connectivity index (χ4v) is 6.72. The maximum absolute atomic E-state index is 13.1. The highest BCUT2D eigenvalue weighted by Gasteiger charge is 2.52. The lowest BCUT2D eigenvalue weighted by atomic mass is 9.83. The summed E-state index contributed by atoms with van der Waals surface area (Å²) in [6, 6.07) is 9.26. The zero-order valence-corrected chi connectivity index (χ0v) is 23.6. The highest BCUT2D eigenvalue weighted by Crippen LogP contribution is 2.41. The van der Waals surface area contributed by atoms with Crippen molar-refractivity contribution in [2.24, 2.45) is 5.92 Å². The summed E-state index contributed by atoms with van der Waals surface area (Å²) in [5, 5.41) is 9.13. The number of carbonyl (C=O) groups excluding carboxylic acids is 1. The number of hydrogen-bond donors (Lipinski definition) is 1. The number of rotatable bonds is 7. The molecule has 40 heavy (non-hydrogen) atoms. The van der Waals surface area contributed by atoms with E-state index >= 15 is 0 Å². The number of aliphatic hydroxyl groups excluding tert-OH is 1. The molecule has 8 nitrogen and oxygen atoms in total. The van der Waals surface area contributed by atoms with Crippen LogP contribution in [0.25, 0.3) is 11.3 Å². The number of alkyl halides is 3. The number of pyridine rings is 1. The summed E-state index contributed by atoms with van der Waals surface area (Å²) in [4.78, 5) is 18.1. The summed E-state index contributed by atoms with van der Waals surface area (Å²) < 4.78 is 75.1. The maximum Gasteiger partial charge on any atom is 0.427 e. The average molecular weight is 585 g/mol. The van der Waals surface area contributed by atoms with Gasteiger partial charge in [-0.1, -0.05) is 13.0 Å². The molecule has 1 aromatic heterocycles. The number of aliphatic hydroxyl groups is 1. The fourth-order valence-electron chi connectivity index (χ4n) is 4.95. The number of nitrogens with zero attached hydrogens (tertiary/aromatic N) is 2. The van der Waals surface area contributed by atoms with Crippen LogP contribution in [0.2, 0.25) is 0 Å². The number of amides is 1. The van der Waals surface area contributed by atoms with Crippen molar-refractivity contribution in [2.75, 3.05) is 25.4 Å². The molecule has 1 fully saturated rings. The molecule has 1 saturated heterocycles. The standard InChI is InChI=1S/C28H35F3N2O6S/c1-19(16-34)17-40(36,37)18-20-4-6-23(32-15-20)21-5-7-24-22(14-21)8-9-27(38-24)10-12-33(13-11-27)25(35)39-26(2,3)28(29,30)31/h4-7,14-15,19,34H,8-13,16-18H2,1-3H3. The third-order valence-electron chi connectivity index (χ3n) is 7.55. The Bertz CT molecular complexity index is 1320. The number of benzene rings is 1. The predicted octanol–water partition coefficient (Wildman–Crippen LogP) is 4.93. The molecule has 0 radical (unpaired) electrons. The van der Waals surface area contributed by atoms with Gasteiger partial charge in [-0.2, -0.15) is 13.2 Å². The number of piperidine rings is 1. The molecule has 0 bridgehead atoms. The van der Waals surface area contributed by atoms with Crippen LogP contribution < -0.4 is 4.74 Å². The molecule has 2 aromatic rings. The van der Waals surface area contributed by atoms with Crippen molar-refractivity contribution in [1.82, 2.24) is 9.88 Å². The van der Waals surface area contributed by atoms with Gasteiger partial charge in [-0.3, -0.25) is 4.98 Å². The van der Waals surface area contributed by atoms with Gasteiger partial charge in [-0.25, -0.2) is 13.2 Å². The van der Waals surface area contributed by atoms with Crippen molar-refractivity contribution in [2.45, 2.75) is 69.6 Å². The largest absolute Gasteiger partial charge is 0.487 e. The van der Waals surface area contributed by atoms with E-state index in [-0.39, 0.29) is 37.1 Å². The smallest absolute Gasteiger partial charge is 0.427 e. The van der Waals surface area contributed by atoms with Crippen molar-refractivity contribution >= 4 is 15.9 Å². The second-order valence-electron chi connectivity index (χ2n) is 11.4. The topological polar surface area (TPSA) is 106 Å². The monoisotopic (exact) mass is 584 g/mol. The van der Waals surface area contributed by atoms with E-state index in [1.807, 2.05) is 18.2 Å². The Morgan fingerprint density at radius 1 is 1.18 bits per heavy atom. The third kappa shape index (κ3) is 6.88. The minimum absolute atomic E-state index is 0.0874. The first-order valence-corrected chi connectivity index (χ1v) is 15.1. The van der Waals surface area contributed by atoms with Crippen LogP contribution in [0, 0.1) is 5.92 Å². The highest BCUT2D eigenvalue weighted by atomic mass is 32.2. The Kier molecular flexibility index (Phi) is 8.43. The van der Waals surface area contributed by atoms with Crippen molar-refractivity contribution < 1.29 is 41.0 Å². The summed E-state index contributed by atoms with van der Waals surface area (Å²) in [7, 11) is -3.36. The van der Waals surface area contributed by atoms with Crippen LogP contribution in [0.4, 0.5) is 18.0 Å². The van der Waals surface area contributed by atoms with Gasteiger partial charge in [0.1, 0.15) is 11.4 Å². The van der Waals surface area contributed by atoms with E-state index in [2.05, 4.69) is 4.98 Å². The predicted molar refractivity (Wildman–Crippen MR) is 143 cm³/mol. The molecule has 0 aliphatic carbocycles. The summed E-state index contributed by atoms with van der Waals surface area (Å²) in [5.74, 6) is 0.175. The summed E-state index contributed by atoms with van der Waals surface area (Å²) in [5.41, 5.74) is 0.0815. The van der Waals surface area contributed by atoms with Gasteiger partial charge in [-0.05, 0) is 68.0 Å². The molecule has 1 amide bonds. The zero-order chi connectivity index (χ0) is 29.3. The van der Waals surface area contributed by atoms with Crippen LogP contribution in [0.1, 0.15) is 51.2 Å². The molecular formula is C28H35F3N2O6S. The molecule has 1 aromatic carbocycles. The Morgan fingerprint density at radius 2 is 1.88 bits per heavy atom. The normalized spacial score (nSPS) is 18.1. The van der Waals surface area contributed by atoms with Crippen molar-refractivity contribution in [3.8, 4) is 17.0 Å². The van der Waals surface area contributed by atoms with Crippen LogP contribution in [-0.2, 0) is 26.7 Å². The molecule has 1 unspecified atom stereocenters. The van der Waals surface area contributed by atoms with Crippen molar-refractivity contribution in [3.63, 3.8) is 0 Å². The third-order valence-corrected chi connectivity index (χ3v) is 9.40. The number of sulfone groups is 1. The number of likely N-dealkylation sites (tertiary alicyclic amines) is 1. The van der Waals surface area contributed by atoms with Crippen LogP contribution in [-0.4, -0.2) is 72.3 Å². The quantitative estimate of drug-likeness (QED) is 0.492. The molecule has 1 N–H and O–H groups in total. The molecule has 4 rings (SSSR count). The van der Waals surface area contributed by atoms with E-state index in [9.17, 15) is 26.4 Å². The van der Waals surface area contributed by atoms with Crippen LogP contribution in [0.15, 0.2) is 36.5 Å². The summed E-state index contributed by atoms with van der Waals surface area (Å²) in [6.45, 7) is 3.65. The molecule has 2 aliphatic heterocycles. The number of fused-ring (bicyclic) bond motifs is 1. The molecular weight excluding hydrogens is 549 g/mol. The first-order valence-electron chi connectivity index (χ1n) is 13.3. The summed E-state index contributed by atoms with van der Waals surface area (Å²) >= 11 is 0. The van der Waals surface area contributed by atoms with Crippen molar-refractivity contribution in [3.05, 3.63) is 47.7 Å². The second-order valence-corrected chi connectivity index (χ2v) is 13.5. The number of ether oxygens (including phenoxy) is 2. The summed E-state index contributed by atoms with van der Waals surface area (Å²) in [6.07, 6.45) is -1.68. The van der Waals surface area contributed by atoms with E-state index in [4.69, 9.17) is 14.6 Å². The molecule has 0 saturated carbocycles. The van der Waals surface area contributed by atoms with E-state index in [0.29, 0.717) is 30.5 Å². The molecule has 220 valence electrons. The number of hydrogen-bond acceptors (Lipinski definition) is 7. The van der Waals surface area contributed by atoms with Gasteiger partial charge in [0, 0.05) is 44.3 Å². The molecule has 1 atom stereocenters. The lowest BCUT2D eigenvalue weighted by Gasteiger charge is -2.44. The second kappa shape index (κ2) is 11.2.